The molecule has 0 heterocycles. The van der Waals surface area contributed by atoms with Gasteiger partial charge in [-0.3, -0.25) is 4.79 Å². The van der Waals surface area contributed by atoms with Gasteiger partial charge in [0.2, 0.25) is 0 Å². The van der Waals surface area contributed by atoms with Crippen molar-refractivity contribution < 1.29 is 9.90 Å². The highest BCUT2D eigenvalue weighted by Gasteiger charge is 2.11. The molecule has 0 aliphatic rings. The first-order chi connectivity index (χ1) is 6.09. The van der Waals surface area contributed by atoms with E-state index in [9.17, 15) is 4.79 Å². The molecule has 1 unspecified atom stereocenters. The van der Waals surface area contributed by atoms with Gasteiger partial charge < -0.3 is 5.11 Å². The summed E-state index contributed by atoms with van der Waals surface area (Å²) in [6, 6.07) is 7.85. The van der Waals surface area contributed by atoms with Crippen LogP contribution in [-0.2, 0) is 4.79 Å². The highest BCUT2D eigenvalue weighted by atomic mass is 32.2. The number of aryl methyl sites for hydroxylation is 1. The first-order valence-corrected chi connectivity index (χ1v) is 4.93. The molecule has 1 aromatic rings. The molecule has 0 radical (unpaired) electrons. The van der Waals surface area contributed by atoms with Crippen molar-refractivity contribution in [2.45, 2.75) is 24.0 Å². The van der Waals surface area contributed by atoms with Crippen LogP contribution in [0.4, 0.5) is 0 Å². The predicted molar refractivity (Wildman–Crippen MR) is 54.1 cm³/mol. The van der Waals surface area contributed by atoms with Gasteiger partial charge in [0.1, 0.15) is 5.25 Å². The third-order valence-electron chi connectivity index (χ3n) is 1.65. The lowest BCUT2D eigenvalue weighted by molar-refractivity contribution is -0.136. The largest absolute Gasteiger partial charge is 0.480 e. The number of carboxylic acid groups (broad SMARTS) is 1. The fourth-order valence-electron chi connectivity index (χ4n) is 0.943. The van der Waals surface area contributed by atoms with Gasteiger partial charge in [-0.25, -0.2) is 0 Å². The lowest BCUT2D eigenvalue weighted by Gasteiger charge is -2.05. The van der Waals surface area contributed by atoms with Gasteiger partial charge in [0.15, 0.2) is 0 Å². The average Bonchev–Trinajstić information content (AvgIpc) is 2.04. The Hall–Kier alpha value is -0.960. The van der Waals surface area contributed by atoms with Gasteiger partial charge in [0.25, 0.3) is 0 Å². The zero-order valence-electron chi connectivity index (χ0n) is 7.65. The second kappa shape index (κ2) is 4.33. The van der Waals surface area contributed by atoms with Crippen LogP contribution in [0.15, 0.2) is 29.2 Å². The van der Waals surface area contributed by atoms with Crippen LogP contribution in [-0.4, -0.2) is 16.3 Å². The number of hydrogen-bond acceptors (Lipinski definition) is 2. The predicted octanol–water partition coefficient (Wildman–Crippen LogP) is 2.56. The summed E-state index contributed by atoms with van der Waals surface area (Å²) in [5, 5.41) is 8.30. The number of benzene rings is 1. The van der Waals surface area contributed by atoms with Crippen LogP contribution >= 0.6 is 11.8 Å². The van der Waals surface area contributed by atoms with Gasteiger partial charge in [0.05, 0.1) is 0 Å². The second-order valence-corrected chi connectivity index (χ2v) is 4.33. The molecule has 2 nitrogen and oxygen atoms in total. The summed E-state index contributed by atoms with van der Waals surface area (Å²) in [6.07, 6.45) is 0. The number of thioether (sulfide) groups is 1. The van der Waals surface area contributed by atoms with E-state index in [2.05, 4.69) is 0 Å². The topological polar surface area (TPSA) is 37.3 Å². The Bertz CT molecular complexity index is 310. The number of carboxylic acids is 1. The van der Waals surface area contributed by atoms with E-state index in [1.165, 1.54) is 11.8 Å². The average molecular weight is 196 g/mol. The van der Waals surface area contributed by atoms with Gasteiger partial charge in [-0.1, -0.05) is 17.7 Å². The third kappa shape index (κ3) is 3.11. The van der Waals surface area contributed by atoms with E-state index in [4.69, 9.17) is 5.11 Å². The van der Waals surface area contributed by atoms with Crippen molar-refractivity contribution in [1.82, 2.24) is 0 Å². The highest BCUT2D eigenvalue weighted by Crippen LogP contribution is 2.23. The van der Waals surface area contributed by atoms with E-state index < -0.39 is 5.97 Å². The molecule has 70 valence electrons. The number of rotatable bonds is 3. The summed E-state index contributed by atoms with van der Waals surface area (Å²) in [6.45, 7) is 3.69. The maximum Gasteiger partial charge on any atom is 0.316 e. The van der Waals surface area contributed by atoms with Crippen LogP contribution in [0.2, 0.25) is 0 Å². The van der Waals surface area contributed by atoms with Crippen molar-refractivity contribution in [3.05, 3.63) is 29.8 Å². The third-order valence-corrected chi connectivity index (χ3v) is 2.73. The van der Waals surface area contributed by atoms with Gasteiger partial charge in [-0.15, -0.1) is 11.8 Å². The van der Waals surface area contributed by atoms with Gasteiger partial charge >= 0.3 is 5.97 Å². The zero-order valence-corrected chi connectivity index (χ0v) is 8.47. The van der Waals surface area contributed by atoms with E-state index in [1.807, 2.05) is 31.2 Å². The number of carbonyl (C=O) groups is 1. The molecule has 0 saturated heterocycles. The standard InChI is InChI=1S/C10H12O2S/c1-7-4-3-5-9(6-7)13-8(2)10(11)12/h3-6,8H,1-2H3,(H,11,12). The molecule has 1 N–H and O–H groups in total. The molecule has 0 saturated carbocycles. The van der Waals surface area contributed by atoms with E-state index in [0.29, 0.717) is 0 Å². The minimum Gasteiger partial charge on any atom is -0.480 e. The monoisotopic (exact) mass is 196 g/mol. The summed E-state index contributed by atoms with van der Waals surface area (Å²) in [5.74, 6) is -0.772. The molecule has 3 heteroatoms. The van der Waals surface area contributed by atoms with Crippen molar-refractivity contribution in [1.29, 1.82) is 0 Å². The minimum absolute atomic E-state index is 0.387. The molecular weight excluding hydrogens is 184 g/mol. The fraction of sp³-hybridized carbons (Fsp3) is 0.300. The molecule has 1 aromatic carbocycles. The maximum absolute atomic E-state index is 10.6. The molecule has 0 fully saturated rings. The summed E-state index contributed by atoms with van der Waals surface area (Å²) < 4.78 is 0. The maximum atomic E-state index is 10.6. The van der Waals surface area contributed by atoms with E-state index in [-0.39, 0.29) is 5.25 Å². The normalized spacial score (nSPS) is 12.5. The molecule has 13 heavy (non-hydrogen) atoms. The van der Waals surface area contributed by atoms with Crippen LogP contribution in [0, 0.1) is 6.92 Å². The first-order valence-electron chi connectivity index (χ1n) is 4.05. The lowest BCUT2D eigenvalue weighted by Crippen LogP contribution is -2.10. The molecule has 1 atom stereocenters. The van der Waals surface area contributed by atoms with E-state index in [0.717, 1.165) is 10.5 Å². The van der Waals surface area contributed by atoms with Crippen LogP contribution < -0.4 is 0 Å². The molecule has 0 aliphatic carbocycles. The molecular formula is C10H12O2S. The Kier molecular flexibility index (Phi) is 3.37. The van der Waals surface area contributed by atoms with Crippen molar-refractivity contribution in [3.8, 4) is 0 Å². The smallest absolute Gasteiger partial charge is 0.316 e. The van der Waals surface area contributed by atoms with Crippen molar-refractivity contribution >= 4 is 17.7 Å². The second-order valence-electron chi connectivity index (χ2n) is 2.91. The Balaban J connectivity index is 2.69. The van der Waals surface area contributed by atoms with Gasteiger partial charge in [-0.05, 0) is 26.0 Å². The Morgan fingerprint density at radius 2 is 2.23 bits per heavy atom. The lowest BCUT2D eigenvalue weighted by atomic mass is 10.2. The Morgan fingerprint density at radius 1 is 1.54 bits per heavy atom. The van der Waals surface area contributed by atoms with Crippen molar-refractivity contribution in [2.75, 3.05) is 0 Å². The van der Waals surface area contributed by atoms with E-state index in [1.54, 1.807) is 6.92 Å². The Labute approximate surface area is 82.0 Å². The SMILES string of the molecule is Cc1cccc(SC(C)C(=O)O)c1. The minimum atomic E-state index is -0.772. The van der Waals surface area contributed by atoms with Crippen LogP contribution in [0.3, 0.4) is 0 Å². The van der Waals surface area contributed by atoms with Crippen LogP contribution in [0.25, 0.3) is 0 Å². The van der Waals surface area contributed by atoms with Crippen molar-refractivity contribution in [2.24, 2.45) is 0 Å². The quantitative estimate of drug-likeness (QED) is 0.755. The summed E-state index contributed by atoms with van der Waals surface area (Å²) in [4.78, 5) is 11.6. The number of aliphatic carboxylic acids is 1. The molecule has 0 bridgehead atoms. The van der Waals surface area contributed by atoms with E-state index >= 15 is 0 Å². The molecule has 0 aliphatic heterocycles. The summed E-state index contributed by atoms with van der Waals surface area (Å²) in [7, 11) is 0. The van der Waals surface area contributed by atoms with Gasteiger partial charge in [-0.2, -0.15) is 0 Å². The molecule has 0 aromatic heterocycles. The first kappa shape index (κ1) is 10.1. The summed E-state index contributed by atoms with van der Waals surface area (Å²) >= 11 is 1.37. The van der Waals surface area contributed by atoms with Crippen molar-refractivity contribution in [3.63, 3.8) is 0 Å². The van der Waals surface area contributed by atoms with Crippen LogP contribution in [0.1, 0.15) is 12.5 Å². The van der Waals surface area contributed by atoms with Gasteiger partial charge in [0, 0.05) is 4.90 Å². The molecule has 0 amide bonds. The Morgan fingerprint density at radius 3 is 2.77 bits per heavy atom. The molecule has 1 rings (SSSR count). The number of hydrogen-bond donors (Lipinski definition) is 1. The van der Waals surface area contributed by atoms with Crippen LogP contribution in [0.5, 0.6) is 0 Å². The zero-order chi connectivity index (χ0) is 9.84. The highest BCUT2D eigenvalue weighted by molar-refractivity contribution is 8.00. The fourth-order valence-corrected chi connectivity index (χ4v) is 1.86. The molecule has 0 spiro atoms. The summed E-state index contributed by atoms with van der Waals surface area (Å²) in [5.41, 5.74) is 1.16.